The number of anilines is 2. The van der Waals surface area contributed by atoms with Crippen LogP contribution in [-0.4, -0.2) is 44.7 Å². The van der Waals surface area contributed by atoms with Crippen LogP contribution in [0, 0.1) is 5.92 Å². The molecule has 20 heavy (non-hydrogen) atoms. The van der Waals surface area contributed by atoms with Crippen LogP contribution in [0.4, 0.5) is 11.4 Å². The molecule has 1 aromatic carbocycles. The molecule has 112 valence electrons. The molecule has 0 saturated carbocycles. The van der Waals surface area contributed by atoms with Crippen molar-refractivity contribution in [2.75, 3.05) is 44.9 Å². The van der Waals surface area contributed by atoms with Gasteiger partial charge in [-0.25, -0.2) is 0 Å². The van der Waals surface area contributed by atoms with Crippen LogP contribution < -0.4 is 11.1 Å². The van der Waals surface area contributed by atoms with Crippen LogP contribution in [0.1, 0.15) is 24.2 Å². The number of benzene rings is 1. The molecular formula is C15H25N3O2. The second-order valence-corrected chi connectivity index (χ2v) is 5.40. The van der Waals surface area contributed by atoms with E-state index in [1.54, 1.807) is 37.2 Å². The Bertz CT molecular complexity index is 445. The van der Waals surface area contributed by atoms with E-state index in [-0.39, 0.29) is 5.91 Å². The van der Waals surface area contributed by atoms with Gasteiger partial charge in [0.25, 0.3) is 5.91 Å². The van der Waals surface area contributed by atoms with Gasteiger partial charge in [-0.15, -0.1) is 0 Å². The number of carbonyl (C=O) groups excluding carboxylic acids is 1. The third kappa shape index (κ3) is 5.09. The molecular weight excluding hydrogens is 254 g/mol. The van der Waals surface area contributed by atoms with E-state index < -0.39 is 0 Å². The normalized spacial score (nSPS) is 10.7. The second-order valence-electron chi connectivity index (χ2n) is 5.40. The van der Waals surface area contributed by atoms with E-state index in [4.69, 9.17) is 10.5 Å². The Kier molecular flexibility index (Phi) is 6.31. The van der Waals surface area contributed by atoms with Gasteiger partial charge >= 0.3 is 0 Å². The first-order chi connectivity index (χ1) is 9.41. The summed E-state index contributed by atoms with van der Waals surface area (Å²) in [7, 11) is 3.46. The predicted molar refractivity (Wildman–Crippen MR) is 83.0 cm³/mol. The molecule has 0 spiro atoms. The molecule has 0 unspecified atom stereocenters. The number of rotatable bonds is 7. The predicted octanol–water partition coefficient (Wildman–Crippen LogP) is 2.06. The summed E-state index contributed by atoms with van der Waals surface area (Å²) in [5.41, 5.74) is 7.92. The average molecular weight is 279 g/mol. The highest BCUT2D eigenvalue weighted by atomic mass is 16.5. The zero-order valence-electron chi connectivity index (χ0n) is 12.8. The van der Waals surface area contributed by atoms with Gasteiger partial charge in [0.1, 0.15) is 0 Å². The molecule has 1 rings (SSSR count). The molecule has 0 radical (unpaired) electrons. The largest absolute Gasteiger partial charge is 0.397 e. The van der Waals surface area contributed by atoms with E-state index in [9.17, 15) is 4.79 Å². The third-order valence-corrected chi connectivity index (χ3v) is 2.72. The van der Waals surface area contributed by atoms with Gasteiger partial charge in [-0.05, 0) is 24.1 Å². The quantitative estimate of drug-likeness (QED) is 0.592. The van der Waals surface area contributed by atoms with Gasteiger partial charge in [0.2, 0.25) is 0 Å². The first-order valence-corrected chi connectivity index (χ1v) is 6.84. The molecule has 0 heterocycles. The van der Waals surface area contributed by atoms with Crippen molar-refractivity contribution in [1.29, 1.82) is 0 Å². The lowest BCUT2D eigenvalue weighted by molar-refractivity contribution is 0.0827. The van der Waals surface area contributed by atoms with E-state index in [0.29, 0.717) is 30.3 Å². The number of hydrogen-bond acceptors (Lipinski definition) is 4. The van der Waals surface area contributed by atoms with E-state index >= 15 is 0 Å². The fraction of sp³-hybridized carbons (Fsp3) is 0.533. The minimum Gasteiger partial charge on any atom is -0.397 e. The van der Waals surface area contributed by atoms with Crippen LogP contribution in [0.5, 0.6) is 0 Å². The SMILES string of the molecule is CC(C)COCCNc1cc(C(=O)N(C)C)ccc1N. The lowest BCUT2D eigenvalue weighted by atomic mass is 10.1. The number of hydrogen-bond donors (Lipinski definition) is 2. The van der Waals surface area contributed by atoms with Crippen molar-refractivity contribution in [2.24, 2.45) is 5.92 Å². The Morgan fingerprint density at radius 1 is 1.40 bits per heavy atom. The minimum absolute atomic E-state index is 0.0379. The maximum absolute atomic E-state index is 11.9. The molecule has 1 aromatic rings. The molecule has 0 bridgehead atoms. The number of ether oxygens (including phenoxy) is 1. The van der Waals surface area contributed by atoms with Gasteiger partial charge < -0.3 is 20.7 Å². The summed E-state index contributed by atoms with van der Waals surface area (Å²) < 4.78 is 5.49. The Hall–Kier alpha value is -1.75. The first-order valence-electron chi connectivity index (χ1n) is 6.84. The van der Waals surface area contributed by atoms with Gasteiger partial charge in [-0.1, -0.05) is 13.8 Å². The van der Waals surface area contributed by atoms with Gasteiger partial charge in [-0.2, -0.15) is 0 Å². The zero-order valence-corrected chi connectivity index (χ0v) is 12.8. The van der Waals surface area contributed by atoms with Crippen LogP contribution in [0.15, 0.2) is 18.2 Å². The summed E-state index contributed by atoms with van der Waals surface area (Å²) in [6.07, 6.45) is 0. The number of carbonyl (C=O) groups is 1. The molecule has 0 saturated heterocycles. The summed E-state index contributed by atoms with van der Waals surface area (Å²) in [6, 6.07) is 5.26. The van der Waals surface area contributed by atoms with Crippen LogP contribution in [-0.2, 0) is 4.74 Å². The lowest BCUT2D eigenvalue weighted by Crippen LogP contribution is -2.22. The van der Waals surface area contributed by atoms with Crippen molar-refractivity contribution in [3.63, 3.8) is 0 Å². The Morgan fingerprint density at radius 3 is 2.70 bits per heavy atom. The molecule has 3 N–H and O–H groups in total. The Labute approximate surface area is 121 Å². The van der Waals surface area contributed by atoms with Gasteiger partial charge in [-0.3, -0.25) is 4.79 Å². The standard InChI is InChI=1S/C15H25N3O2/c1-11(2)10-20-8-7-17-14-9-12(5-6-13(14)16)15(19)18(3)4/h5-6,9,11,17H,7-8,10,16H2,1-4H3. The minimum atomic E-state index is -0.0379. The molecule has 1 amide bonds. The second kappa shape index (κ2) is 7.75. The number of nitrogens with zero attached hydrogens (tertiary/aromatic N) is 1. The van der Waals surface area contributed by atoms with Crippen molar-refractivity contribution in [2.45, 2.75) is 13.8 Å². The summed E-state index contributed by atoms with van der Waals surface area (Å²) in [6.45, 7) is 6.25. The van der Waals surface area contributed by atoms with Gasteiger partial charge in [0.05, 0.1) is 18.0 Å². The Balaban J connectivity index is 2.56. The van der Waals surface area contributed by atoms with E-state index in [0.717, 1.165) is 12.3 Å². The number of amides is 1. The molecule has 0 aliphatic carbocycles. The molecule has 5 nitrogen and oxygen atoms in total. The van der Waals surface area contributed by atoms with Crippen molar-refractivity contribution >= 4 is 17.3 Å². The molecule has 5 heteroatoms. The smallest absolute Gasteiger partial charge is 0.253 e. The highest BCUT2D eigenvalue weighted by molar-refractivity contribution is 5.95. The summed E-state index contributed by atoms with van der Waals surface area (Å²) in [4.78, 5) is 13.4. The fourth-order valence-electron chi connectivity index (χ4n) is 1.68. The van der Waals surface area contributed by atoms with Crippen molar-refractivity contribution in [3.05, 3.63) is 23.8 Å². The van der Waals surface area contributed by atoms with Crippen molar-refractivity contribution in [1.82, 2.24) is 4.90 Å². The third-order valence-electron chi connectivity index (χ3n) is 2.72. The lowest BCUT2D eigenvalue weighted by Gasteiger charge is -2.14. The van der Waals surface area contributed by atoms with Crippen LogP contribution >= 0.6 is 0 Å². The van der Waals surface area contributed by atoms with Crippen LogP contribution in [0.2, 0.25) is 0 Å². The maximum atomic E-state index is 11.9. The number of nitrogens with two attached hydrogens (primary N) is 1. The average Bonchev–Trinajstić information content (AvgIpc) is 2.39. The number of nitrogen functional groups attached to an aromatic ring is 1. The summed E-state index contributed by atoms with van der Waals surface area (Å²) in [5.74, 6) is 0.491. The fourth-order valence-corrected chi connectivity index (χ4v) is 1.68. The first kappa shape index (κ1) is 16.3. The van der Waals surface area contributed by atoms with Crippen molar-refractivity contribution in [3.8, 4) is 0 Å². The Morgan fingerprint density at radius 2 is 2.10 bits per heavy atom. The molecule has 0 fully saturated rings. The van der Waals surface area contributed by atoms with Crippen LogP contribution in [0.3, 0.4) is 0 Å². The molecule has 0 aromatic heterocycles. The zero-order chi connectivity index (χ0) is 15.1. The van der Waals surface area contributed by atoms with E-state index in [1.165, 1.54) is 0 Å². The molecule has 0 aliphatic heterocycles. The summed E-state index contributed by atoms with van der Waals surface area (Å²) >= 11 is 0. The van der Waals surface area contributed by atoms with Gasteiger partial charge in [0.15, 0.2) is 0 Å². The summed E-state index contributed by atoms with van der Waals surface area (Å²) in [5, 5.41) is 3.20. The highest BCUT2D eigenvalue weighted by Crippen LogP contribution is 2.20. The monoisotopic (exact) mass is 279 g/mol. The van der Waals surface area contributed by atoms with E-state index in [1.807, 2.05) is 0 Å². The molecule has 0 atom stereocenters. The van der Waals surface area contributed by atoms with E-state index in [2.05, 4.69) is 19.2 Å². The number of nitrogens with one attached hydrogen (secondary N) is 1. The van der Waals surface area contributed by atoms with Crippen LogP contribution in [0.25, 0.3) is 0 Å². The topological polar surface area (TPSA) is 67.6 Å². The van der Waals surface area contributed by atoms with Crippen molar-refractivity contribution < 1.29 is 9.53 Å². The highest BCUT2D eigenvalue weighted by Gasteiger charge is 2.10. The maximum Gasteiger partial charge on any atom is 0.253 e. The molecule has 0 aliphatic rings. The van der Waals surface area contributed by atoms with Gasteiger partial charge in [0, 0.05) is 32.8 Å².